The molecule has 2 fully saturated rings. The van der Waals surface area contributed by atoms with E-state index < -0.39 is 11.7 Å². The third-order valence-electron chi connectivity index (χ3n) is 5.91. The Bertz CT molecular complexity index is 1140. The average molecular weight is 460 g/mol. The van der Waals surface area contributed by atoms with E-state index in [9.17, 15) is 18.0 Å². The Hall–Kier alpha value is -3.01. The second-order valence-electron chi connectivity index (χ2n) is 8.15. The molecule has 0 radical (unpaired) electrons. The van der Waals surface area contributed by atoms with E-state index in [1.165, 1.54) is 17.4 Å². The van der Waals surface area contributed by atoms with Crippen LogP contribution in [-0.4, -0.2) is 44.4 Å². The molecule has 3 atom stereocenters. The second-order valence-corrected chi connectivity index (χ2v) is 9.04. The van der Waals surface area contributed by atoms with E-state index in [-0.39, 0.29) is 29.9 Å². The minimum atomic E-state index is -4.45. The van der Waals surface area contributed by atoms with Crippen molar-refractivity contribution < 1.29 is 22.7 Å². The van der Waals surface area contributed by atoms with Crippen molar-refractivity contribution in [1.82, 2.24) is 19.9 Å². The maximum atomic E-state index is 13.5. The summed E-state index contributed by atoms with van der Waals surface area (Å²) in [5.74, 6) is 0.278. The molecule has 2 aliphatic rings. The van der Waals surface area contributed by atoms with Crippen LogP contribution >= 0.6 is 11.3 Å². The Morgan fingerprint density at radius 1 is 1.19 bits per heavy atom. The van der Waals surface area contributed by atoms with E-state index in [0.29, 0.717) is 22.8 Å². The maximum absolute atomic E-state index is 13.5. The highest BCUT2D eigenvalue weighted by Crippen LogP contribution is 2.41. The number of likely N-dealkylation sites (tertiary alicyclic amines) is 1. The van der Waals surface area contributed by atoms with Crippen LogP contribution in [0.3, 0.4) is 0 Å². The van der Waals surface area contributed by atoms with Gasteiger partial charge in [-0.25, -0.2) is 9.97 Å². The molecule has 166 valence electrons. The molecular weight excluding hydrogens is 441 g/mol. The lowest BCUT2D eigenvalue weighted by Gasteiger charge is -2.33. The van der Waals surface area contributed by atoms with E-state index in [2.05, 4.69) is 15.0 Å². The summed E-state index contributed by atoms with van der Waals surface area (Å²) < 4.78 is 44.3. The average Bonchev–Trinajstić information content (AvgIpc) is 3.50. The smallest absolute Gasteiger partial charge is 0.417 e. The van der Waals surface area contributed by atoms with Crippen molar-refractivity contribution in [3.63, 3.8) is 0 Å². The Morgan fingerprint density at radius 2 is 2.03 bits per heavy atom. The summed E-state index contributed by atoms with van der Waals surface area (Å²) in [7, 11) is 0. The highest BCUT2D eigenvalue weighted by molar-refractivity contribution is 7.13. The van der Waals surface area contributed by atoms with E-state index in [1.54, 1.807) is 17.3 Å². The van der Waals surface area contributed by atoms with Crippen LogP contribution in [0.25, 0.3) is 10.7 Å². The number of ether oxygens (including phenoxy) is 1. The van der Waals surface area contributed by atoms with Crippen LogP contribution in [0.1, 0.15) is 34.3 Å². The summed E-state index contributed by atoms with van der Waals surface area (Å²) in [4.78, 5) is 27.9. The zero-order chi connectivity index (χ0) is 22.5. The molecule has 1 saturated carbocycles. The van der Waals surface area contributed by atoms with Crippen molar-refractivity contribution >= 4 is 17.2 Å². The number of halogens is 3. The lowest BCUT2D eigenvalue weighted by molar-refractivity contribution is -0.137. The molecule has 5 rings (SSSR count). The predicted octanol–water partition coefficient (Wildman–Crippen LogP) is 4.61. The van der Waals surface area contributed by atoms with Gasteiger partial charge in [-0.05, 0) is 43.4 Å². The first-order valence-electron chi connectivity index (χ1n) is 10.2. The van der Waals surface area contributed by atoms with Crippen LogP contribution in [-0.2, 0) is 6.18 Å². The number of nitrogens with zero attached hydrogens (tertiary/aromatic N) is 4. The Kier molecular flexibility index (Phi) is 5.11. The van der Waals surface area contributed by atoms with Gasteiger partial charge >= 0.3 is 6.18 Å². The molecule has 2 bridgehead atoms. The van der Waals surface area contributed by atoms with Gasteiger partial charge in [0.2, 0.25) is 5.88 Å². The SMILES string of the molecule is Cc1cnc(-c2nccs2)c(C(=O)N2C[C@H]3C[C@@H](Oc4ccc(C(F)(F)F)cn4)[C@@H]2C3)c1. The molecule has 0 N–H and O–H groups in total. The number of aryl methyl sites for hydroxylation is 1. The molecule has 1 aliphatic carbocycles. The molecule has 1 aliphatic heterocycles. The van der Waals surface area contributed by atoms with Crippen molar-refractivity contribution in [2.45, 2.75) is 38.1 Å². The van der Waals surface area contributed by atoms with Gasteiger partial charge < -0.3 is 9.64 Å². The first-order chi connectivity index (χ1) is 15.3. The Balaban J connectivity index is 1.37. The Labute approximate surface area is 186 Å². The van der Waals surface area contributed by atoms with Gasteiger partial charge in [0.15, 0.2) is 0 Å². The topological polar surface area (TPSA) is 68.2 Å². The van der Waals surface area contributed by atoms with Crippen molar-refractivity contribution in [3.05, 3.63) is 58.9 Å². The minimum absolute atomic E-state index is 0.128. The number of carbonyl (C=O) groups excluding carboxylic acids is 1. The third-order valence-corrected chi connectivity index (χ3v) is 6.69. The van der Waals surface area contributed by atoms with Crippen LogP contribution in [0, 0.1) is 12.8 Å². The quantitative estimate of drug-likeness (QED) is 0.569. The van der Waals surface area contributed by atoms with Gasteiger partial charge in [0.25, 0.3) is 5.91 Å². The molecular formula is C22H19F3N4O2S. The number of piperidine rings is 1. The van der Waals surface area contributed by atoms with E-state index in [4.69, 9.17) is 4.74 Å². The molecule has 4 heterocycles. The molecule has 32 heavy (non-hydrogen) atoms. The lowest BCUT2D eigenvalue weighted by atomic mass is 10.0. The predicted molar refractivity (Wildman–Crippen MR) is 111 cm³/mol. The van der Waals surface area contributed by atoms with Crippen LogP contribution < -0.4 is 4.74 Å². The maximum Gasteiger partial charge on any atom is 0.417 e. The van der Waals surface area contributed by atoms with Gasteiger partial charge in [-0.1, -0.05) is 0 Å². The molecule has 0 unspecified atom stereocenters. The highest BCUT2D eigenvalue weighted by Gasteiger charge is 2.49. The lowest BCUT2D eigenvalue weighted by Crippen LogP contribution is -2.47. The number of hydrogen-bond acceptors (Lipinski definition) is 6. The molecule has 10 heteroatoms. The van der Waals surface area contributed by atoms with Crippen LogP contribution in [0.2, 0.25) is 0 Å². The van der Waals surface area contributed by atoms with Crippen LogP contribution in [0.4, 0.5) is 13.2 Å². The number of alkyl halides is 3. The van der Waals surface area contributed by atoms with Gasteiger partial charge in [0.05, 0.1) is 17.2 Å². The third kappa shape index (κ3) is 3.83. The summed E-state index contributed by atoms with van der Waals surface area (Å²) in [6.07, 6.45) is 0.928. The van der Waals surface area contributed by atoms with Crippen LogP contribution in [0.15, 0.2) is 42.2 Å². The summed E-state index contributed by atoms with van der Waals surface area (Å²) in [5, 5.41) is 2.52. The highest BCUT2D eigenvalue weighted by atomic mass is 32.1. The van der Waals surface area contributed by atoms with Gasteiger partial charge in [-0.3, -0.25) is 9.78 Å². The van der Waals surface area contributed by atoms with Crippen molar-refractivity contribution in [2.75, 3.05) is 6.54 Å². The number of hydrogen-bond donors (Lipinski definition) is 0. The summed E-state index contributed by atoms with van der Waals surface area (Å²) in [5.41, 5.74) is 1.11. The molecule has 0 aromatic carbocycles. The van der Waals surface area contributed by atoms with E-state index >= 15 is 0 Å². The van der Waals surface area contributed by atoms with Gasteiger partial charge in [-0.15, -0.1) is 11.3 Å². The molecule has 3 aromatic heterocycles. The largest absolute Gasteiger partial charge is 0.472 e. The van der Waals surface area contributed by atoms with Gasteiger partial charge in [-0.2, -0.15) is 13.2 Å². The minimum Gasteiger partial charge on any atom is -0.472 e. The van der Waals surface area contributed by atoms with Crippen molar-refractivity contribution in [1.29, 1.82) is 0 Å². The first kappa shape index (κ1) is 20.9. The number of pyridine rings is 2. The van der Waals surface area contributed by atoms with Crippen molar-refractivity contribution in [2.24, 2.45) is 5.92 Å². The van der Waals surface area contributed by atoms with E-state index in [0.717, 1.165) is 30.7 Å². The zero-order valence-corrected chi connectivity index (χ0v) is 17.9. The summed E-state index contributed by atoms with van der Waals surface area (Å²) in [6.45, 7) is 2.50. The number of rotatable bonds is 4. The molecule has 6 nitrogen and oxygen atoms in total. The van der Waals surface area contributed by atoms with E-state index in [1.807, 2.05) is 18.4 Å². The number of thiazole rings is 1. The fourth-order valence-electron chi connectivity index (χ4n) is 4.50. The first-order valence-corrected chi connectivity index (χ1v) is 11.0. The second kappa shape index (κ2) is 7.84. The molecule has 0 spiro atoms. The number of aromatic nitrogens is 3. The van der Waals surface area contributed by atoms with Crippen LogP contribution in [0.5, 0.6) is 5.88 Å². The normalized spacial score (nSPS) is 22.4. The standard InChI is InChI=1S/C22H19F3N4O2S/c1-12-6-15(19(28-9-12)20-26-4-5-32-20)21(30)29-11-13-7-16(29)17(8-13)31-18-3-2-14(10-27-18)22(23,24)25/h2-6,9-10,13,16-17H,7-8,11H2,1H3/t13-,16+,17-/m1/s1. The number of carbonyl (C=O) groups is 1. The van der Waals surface area contributed by atoms with Crippen molar-refractivity contribution in [3.8, 4) is 16.6 Å². The summed E-state index contributed by atoms with van der Waals surface area (Å²) >= 11 is 1.42. The fourth-order valence-corrected chi connectivity index (χ4v) is 5.14. The number of fused-ring (bicyclic) bond motifs is 2. The van der Waals surface area contributed by atoms with Gasteiger partial charge in [0.1, 0.15) is 16.8 Å². The Morgan fingerprint density at radius 3 is 2.69 bits per heavy atom. The molecule has 1 saturated heterocycles. The summed E-state index contributed by atoms with van der Waals surface area (Å²) in [6, 6.07) is 3.84. The zero-order valence-electron chi connectivity index (χ0n) is 17.0. The molecule has 3 aromatic rings. The number of amides is 1. The monoisotopic (exact) mass is 460 g/mol. The van der Waals surface area contributed by atoms with Gasteiger partial charge in [0, 0.05) is 36.6 Å². The molecule has 1 amide bonds. The fraction of sp³-hybridized carbons (Fsp3) is 0.364.